The van der Waals surface area contributed by atoms with Crippen molar-refractivity contribution in [3.63, 3.8) is 0 Å². The van der Waals surface area contributed by atoms with E-state index in [9.17, 15) is 14.9 Å². The van der Waals surface area contributed by atoms with Crippen molar-refractivity contribution in [1.29, 1.82) is 0 Å². The first-order valence-corrected chi connectivity index (χ1v) is 9.52. The van der Waals surface area contributed by atoms with E-state index in [4.69, 9.17) is 16.3 Å². The van der Waals surface area contributed by atoms with Crippen LogP contribution in [0.25, 0.3) is 0 Å². The van der Waals surface area contributed by atoms with Gasteiger partial charge in [-0.1, -0.05) is 41.9 Å². The van der Waals surface area contributed by atoms with E-state index in [2.05, 4.69) is 5.32 Å². The number of morpholine rings is 1. The molecule has 0 spiro atoms. The van der Waals surface area contributed by atoms with Gasteiger partial charge < -0.3 is 15.0 Å². The Kier molecular flexibility index (Phi) is 6.28. The minimum Gasteiger partial charge on any atom is -0.364 e. The number of anilines is 1. The quantitative estimate of drug-likeness (QED) is 0.592. The SMILES string of the molecule is C[C@@H]1C[NH+]([C@H](C(=O)Nc2ccc(Cl)c([N+](=O)[O-])c2)c2ccccc2)C[C@@H](C)O1. The summed E-state index contributed by atoms with van der Waals surface area (Å²) in [4.78, 5) is 24.9. The lowest BCUT2D eigenvalue weighted by molar-refractivity contribution is -0.936. The first-order chi connectivity index (χ1) is 13.3. The Labute approximate surface area is 168 Å². The molecule has 8 heteroatoms. The number of carbonyl (C=O) groups is 1. The molecule has 3 atom stereocenters. The molecule has 1 heterocycles. The molecule has 2 aromatic carbocycles. The van der Waals surface area contributed by atoms with Crippen LogP contribution in [0.4, 0.5) is 11.4 Å². The van der Waals surface area contributed by atoms with Crippen LogP contribution in [0.1, 0.15) is 25.5 Å². The zero-order chi connectivity index (χ0) is 20.3. The molecule has 1 fully saturated rings. The van der Waals surface area contributed by atoms with Crippen molar-refractivity contribution in [1.82, 2.24) is 0 Å². The van der Waals surface area contributed by atoms with Gasteiger partial charge in [-0.15, -0.1) is 0 Å². The number of nitro benzene ring substituents is 1. The highest BCUT2D eigenvalue weighted by molar-refractivity contribution is 6.32. The number of rotatable bonds is 5. The van der Waals surface area contributed by atoms with E-state index < -0.39 is 11.0 Å². The van der Waals surface area contributed by atoms with Crippen LogP contribution < -0.4 is 10.2 Å². The first kappa shape index (κ1) is 20.3. The maximum absolute atomic E-state index is 13.2. The topological polar surface area (TPSA) is 85.9 Å². The number of hydrogen-bond donors (Lipinski definition) is 2. The fourth-order valence-corrected chi connectivity index (χ4v) is 3.90. The van der Waals surface area contributed by atoms with Crippen LogP contribution in [0.2, 0.25) is 5.02 Å². The van der Waals surface area contributed by atoms with Crippen molar-refractivity contribution in [2.45, 2.75) is 32.1 Å². The minimum atomic E-state index is -0.566. The smallest absolute Gasteiger partial charge is 0.289 e. The van der Waals surface area contributed by atoms with Crippen LogP contribution in [0, 0.1) is 10.1 Å². The lowest BCUT2D eigenvalue weighted by Crippen LogP contribution is -3.16. The van der Waals surface area contributed by atoms with Gasteiger partial charge in [-0.3, -0.25) is 14.9 Å². The zero-order valence-electron chi connectivity index (χ0n) is 15.7. The molecule has 0 unspecified atom stereocenters. The Balaban J connectivity index is 1.89. The maximum Gasteiger partial charge on any atom is 0.289 e. The van der Waals surface area contributed by atoms with Crippen LogP contribution in [0.5, 0.6) is 0 Å². The normalized spacial score (nSPS) is 23.0. The second kappa shape index (κ2) is 8.68. The van der Waals surface area contributed by atoms with Gasteiger partial charge in [0.1, 0.15) is 30.3 Å². The first-order valence-electron chi connectivity index (χ1n) is 9.15. The third-order valence-corrected chi connectivity index (χ3v) is 5.10. The number of halogens is 1. The molecule has 1 aliphatic heterocycles. The van der Waals surface area contributed by atoms with Crippen LogP contribution in [-0.2, 0) is 9.53 Å². The molecule has 0 radical (unpaired) electrons. The Hall–Kier alpha value is -2.48. The number of ether oxygens (including phenoxy) is 1. The van der Waals surface area contributed by atoms with Gasteiger partial charge in [0.05, 0.1) is 4.92 Å². The molecule has 148 valence electrons. The van der Waals surface area contributed by atoms with Gasteiger partial charge in [-0.2, -0.15) is 0 Å². The number of quaternary nitrogens is 1. The summed E-state index contributed by atoms with van der Waals surface area (Å²) in [5, 5.41) is 14.0. The fraction of sp³-hybridized carbons (Fsp3) is 0.350. The summed E-state index contributed by atoms with van der Waals surface area (Å²) >= 11 is 5.87. The number of carbonyl (C=O) groups excluding carboxylic acids is 1. The fourth-order valence-electron chi connectivity index (χ4n) is 3.71. The van der Waals surface area contributed by atoms with Gasteiger partial charge in [-0.05, 0) is 26.0 Å². The average Bonchev–Trinajstić information content (AvgIpc) is 2.63. The largest absolute Gasteiger partial charge is 0.364 e. The number of nitro groups is 1. The molecule has 0 saturated carbocycles. The van der Waals surface area contributed by atoms with Crippen LogP contribution in [0.15, 0.2) is 48.5 Å². The molecular weight excluding hydrogens is 382 g/mol. The van der Waals surface area contributed by atoms with Gasteiger partial charge in [0.15, 0.2) is 6.04 Å². The summed E-state index contributed by atoms with van der Waals surface area (Å²) < 4.78 is 5.81. The van der Waals surface area contributed by atoms with Crippen molar-refractivity contribution in [2.75, 3.05) is 18.4 Å². The lowest BCUT2D eigenvalue weighted by atomic mass is 10.0. The predicted molar refractivity (Wildman–Crippen MR) is 107 cm³/mol. The van der Waals surface area contributed by atoms with Crippen LogP contribution >= 0.6 is 11.6 Å². The van der Waals surface area contributed by atoms with Crippen molar-refractivity contribution in [3.8, 4) is 0 Å². The Bertz CT molecular complexity index is 852. The molecule has 28 heavy (non-hydrogen) atoms. The van der Waals surface area contributed by atoms with Crippen molar-refractivity contribution < 1.29 is 19.4 Å². The van der Waals surface area contributed by atoms with Crippen LogP contribution in [0.3, 0.4) is 0 Å². The second-order valence-electron chi connectivity index (χ2n) is 7.08. The van der Waals surface area contributed by atoms with E-state index in [1.807, 2.05) is 44.2 Å². The molecular formula is C20H23ClN3O4+. The molecule has 1 aliphatic rings. The molecule has 3 rings (SSSR count). The number of nitrogens with one attached hydrogen (secondary N) is 2. The molecule has 2 N–H and O–H groups in total. The molecule has 7 nitrogen and oxygen atoms in total. The van der Waals surface area contributed by atoms with Gasteiger partial charge in [0, 0.05) is 17.3 Å². The number of benzene rings is 2. The standard InChI is InChI=1S/C20H22ClN3O4/c1-13-11-23(12-14(2)28-13)19(15-6-4-3-5-7-15)20(25)22-16-8-9-17(21)18(10-16)24(26)27/h3-10,13-14,19H,11-12H2,1-2H3,(H,22,25)/p+1/t13-,14-,19+/m1/s1. The van der Waals surface area contributed by atoms with Crippen molar-refractivity contribution >= 4 is 28.9 Å². The lowest BCUT2D eigenvalue weighted by Gasteiger charge is -2.36. The third-order valence-electron chi connectivity index (χ3n) is 4.78. The van der Waals surface area contributed by atoms with Crippen LogP contribution in [-0.4, -0.2) is 36.1 Å². The monoisotopic (exact) mass is 404 g/mol. The van der Waals surface area contributed by atoms with E-state index in [1.54, 1.807) is 6.07 Å². The summed E-state index contributed by atoms with van der Waals surface area (Å²) in [7, 11) is 0. The Morgan fingerprint density at radius 1 is 1.21 bits per heavy atom. The Morgan fingerprint density at radius 2 is 1.86 bits per heavy atom. The van der Waals surface area contributed by atoms with Crippen molar-refractivity contribution in [2.24, 2.45) is 0 Å². The maximum atomic E-state index is 13.2. The molecule has 1 saturated heterocycles. The third kappa shape index (κ3) is 4.67. The average molecular weight is 405 g/mol. The minimum absolute atomic E-state index is 0.0315. The summed E-state index contributed by atoms with van der Waals surface area (Å²) in [6.45, 7) is 5.38. The number of amides is 1. The number of hydrogen-bond acceptors (Lipinski definition) is 4. The van der Waals surface area contributed by atoms with Gasteiger partial charge >= 0.3 is 0 Å². The van der Waals surface area contributed by atoms with E-state index in [-0.39, 0.29) is 28.8 Å². The predicted octanol–water partition coefficient (Wildman–Crippen LogP) is 2.62. The molecule has 2 aromatic rings. The van der Waals surface area contributed by atoms with E-state index in [0.717, 1.165) is 10.5 Å². The Morgan fingerprint density at radius 3 is 2.46 bits per heavy atom. The van der Waals surface area contributed by atoms with E-state index in [0.29, 0.717) is 18.8 Å². The van der Waals surface area contributed by atoms with E-state index in [1.165, 1.54) is 12.1 Å². The summed E-state index contributed by atoms with van der Waals surface area (Å²) in [6, 6.07) is 13.4. The molecule has 0 aromatic heterocycles. The van der Waals surface area contributed by atoms with Crippen molar-refractivity contribution in [3.05, 3.63) is 69.2 Å². The highest BCUT2D eigenvalue weighted by Gasteiger charge is 2.37. The summed E-state index contributed by atoms with van der Waals surface area (Å²) in [6.07, 6.45) is 0.0729. The zero-order valence-corrected chi connectivity index (χ0v) is 16.5. The van der Waals surface area contributed by atoms with E-state index >= 15 is 0 Å². The van der Waals surface area contributed by atoms with Gasteiger partial charge in [0.2, 0.25) is 0 Å². The summed E-state index contributed by atoms with van der Waals surface area (Å²) in [5.74, 6) is -0.223. The number of nitrogens with zero attached hydrogens (tertiary/aromatic N) is 1. The van der Waals surface area contributed by atoms with Gasteiger partial charge in [0.25, 0.3) is 11.6 Å². The summed E-state index contributed by atoms with van der Waals surface area (Å²) in [5.41, 5.74) is 0.993. The van der Waals surface area contributed by atoms with Gasteiger partial charge in [-0.25, -0.2) is 0 Å². The molecule has 0 aliphatic carbocycles. The molecule has 0 bridgehead atoms. The second-order valence-corrected chi connectivity index (χ2v) is 7.49. The molecule has 1 amide bonds. The highest BCUT2D eigenvalue weighted by Crippen LogP contribution is 2.28. The highest BCUT2D eigenvalue weighted by atomic mass is 35.5.